The maximum atomic E-state index is 13.8. The van der Waals surface area contributed by atoms with E-state index in [4.69, 9.17) is 41.6 Å². The lowest BCUT2D eigenvalue weighted by Gasteiger charge is -2.32. The zero-order valence-electron chi connectivity index (χ0n) is 20.3. The van der Waals surface area contributed by atoms with Gasteiger partial charge in [0.05, 0.1) is 10.6 Å². The normalized spacial score (nSPS) is 11.7. The number of hydrogen-bond acceptors (Lipinski definition) is 4. The van der Waals surface area contributed by atoms with Gasteiger partial charge in [0, 0.05) is 5.02 Å². The molecule has 4 rings (SSSR count). The Morgan fingerprint density at radius 1 is 0.692 bits per heavy atom. The standard InChI is InChI=1S/C29H22Cl2N3O3PS/c30-19-16-17-23(24(31)18-19)26(35)33-28(25(39)27(36)34-29(32)37)38(20-10-4-1-5-11-20,21-12-6-2-7-13-21)22-14-8-3-9-15-22/h1-18H,(H4-,32,33,34,35,36,37,39). The average Bonchev–Trinajstić information content (AvgIpc) is 2.94. The van der Waals surface area contributed by atoms with Crippen LogP contribution < -0.4 is 32.3 Å². The number of primary amides is 1. The van der Waals surface area contributed by atoms with Crippen molar-refractivity contribution in [2.45, 2.75) is 0 Å². The Labute approximate surface area is 242 Å². The van der Waals surface area contributed by atoms with Gasteiger partial charge in [0.25, 0.3) is 5.91 Å². The predicted molar refractivity (Wildman–Crippen MR) is 161 cm³/mol. The van der Waals surface area contributed by atoms with Crippen molar-refractivity contribution in [2.24, 2.45) is 5.73 Å². The van der Waals surface area contributed by atoms with Crippen molar-refractivity contribution in [1.29, 1.82) is 0 Å². The number of benzene rings is 4. The molecule has 196 valence electrons. The number of hydrogen-bond donors (Lipinski definition) is 3. The van der Waals surface area contributed by atoms with E-state index < -0.39 is 25.1 Å². The highest BCUT2D eigenvalue weighted by Crippen LogP contribution is 2.62. The lowest BCUT2D eigenvalue weighted by Crippen LogP contribution is -2.42. The molecule has 0 saturated carbocycles. The van der Waals surface area contributed by atoms with Crippen LogP contribution in [0.25, 0.3) is 0 Å². The van der Waals surface area contributed by atoms with E-state index in [1.54, 1.807) is 0 Å². The lowest BCUT2D eigenvalue weighted by molar-refractivity contribution is -0.115. The van der Waals surface area contributed by atoms with Crippen molar-refractivity contribution in [3.63, 3.8) is 0 Å². The van der Waals surface area contributed by atoms with Crippen molar-refractivity contribution in [3.05, 3.63) is 135 Å². The third-order valence-corrected chi connectivity index (χ3v) is 11.1. The Balaban J connectivity index is 2.09. The number of carbonyl (C=O) groups excluding carboxylic acids is 3. The van der Waals surface area contributed by atoms with Crippen LogP contribution in [0.5, 0.6) is 0 Å². The Morgan fingerprint density at radius 3 is 1.56 bits per heavy atom. The number of nitrogens with one attached hydrogen (secondary N) is 2. The molecular weight excluding hydrogens is 572 g/mol. The first kappa shape index (κ1) is 28.3. The van der Waals surface area contributed by atoms with E-state index in [0.29, 0.717) is 5.02 Å². The zero-order valence-corrected chi connectivity index (χ0v) is 23.5. The molecule has 0 aromatic heterocycles. The molecule has 0 heterocycles. The van der Waals surface area contributed by atoms with Crippen molar-refractivity contribution < 1.29 is 14.4 Å². The molecular formula is C29H22Cl2N3O3PS. The molecule has 10 heteroatoms. The average molecular weight is 594 g/mol. The molecule has 0 atom stereocenters. The summed E-state index contributed by atoms with van der Waals surface area (Å²) in [5.41, 5.74) is 5.53. The van der Waals surface area contributed by atoms with Crippen molar-refractivity contribution in [2.75, 3.05) is 0 Å². The van der Waals surface area contributed by atoms with Crippen LogP contribution in [0.4, 0.5) is 4.79 Å². The Hall–Kier alpha value is -3.74. The number of amides is 4. The summed E-state index contributed by atoms with van der Waals surface area (Å²) in [4.78, 5) is 38.3. The monoisotopic (exact) mass is 593 g/mol. The minimum atomic E-state index is -3.05. The van der Waals surface area contributed by atoms with Gasteiger partial charge >= 0.3 is 6.03 Å². The quantitative estimate of drug-likeness (QED) is 0.165. The number of rotatable bonds is 7. The van der Waals surface area contributed by atoms with Crippen LogP contribution >= 0.6 is 30.5 Å². The molecule has 0 radical (unpaired) electrons. The van der Waals surface area contributed by atoms with E-state index in [-0.39, 0.29) is 20.9 Å². The van der Waals surface area contributed by atoms with Crippen LogP contribution in [0.1, 0.15) is 10.4 Å². The largest absolute Gasteiger partial charge is 0.769 e. The molecule has 0 aliphatic rings. The van der Waals surface area contributed by atoms with Gasteiger partial charge in [0.2, 0.25) is 5.91 Å². The summed E-state index contributed by atoms with van der Waals surface area (Å²) >= 11 is 18.1. The fourth-order valence-electron chi connectivity index (χ4n) is 4.21. The molecule has 0 aliphatic carbocycles. The van der Waals surface area contributed by atoms with Crippen LogP contribution in [-0.2, 0) is 17.4 Å². The number of urea groups is 1. The van der Waals surface area contributed by atoms with Crippen LogP contribution in [0.2, 0.25) is 10.0 Å². The lowest BCUT2D eigenvalue weighted by atomic mass is 10.2. The Kier molecular flexibility index (Phi) is 9.00. The smallest absolute Gasteiger partial charge is 0.319 e. The molecule has 4 aromatic carbocycles. The maximum absolute atomic E-state index is 13.8. The number of nitrogens with two attached hydrogens (primary N) is 1. The molecule has 0 saturated heterocycles. The topological polar surface area (TPSA) is 101 Å². The highest BCUT2D eigenvalue weighted by Gasteiger charge is 2.51. The third kappa shape index (κ3) is 5.97. The maximum Gasteiger partial charge on any atom is 0.319 e. The van der Waals surface area contributed by atoms with E-state index in [1.165, 1.54) is 18.2 Å². The second-order valence-electron chi connectivity index (χ2n) is 8.25. The van der Waals surface area contributed by atoms with Gasteiger partial charge in [-0.2, -0.15) is 0 Å². The molecule has 6 nitrogen and oxygen atoms in total. The van der Waals surface area contributed by atoms with Gasteiger partial charge in [-0.3, -0.25) is 20.2 Å². The third-order valence-electron chi connectivity index (χ3n) is 5.83. The van der Waals surface area contributed by atoms with Gasteiger partial charge in [-0.25, -0.2) is 4.79 Å². The minimum absolute atomic E-state index is 0.120. The molecule has 0 spiro atoms. The number of carbonyl (C=O) groups is 3. The van der Waals surface area contributed by atoms with E-state index in [2.05, 4.69) is 5.32 Å². The van der Waals surface area contributed by atoms with Crippen LogP contribution in [0.3, 0.4) is 0 Å². The summed E-state index contributed by atoms with van der Waals surface area (Å²) in [6.45, 7) is 0. The fourth-order valence-corrected chi connectivity index (χ4v) is 9.42. The molecule has 39 heavy (non-hydrogen) atoms. The molecule has 4 aromatic rings. The molecule has 0 fully saturated rings. The van der Waals surface area contributed by atoms with Gasteiger partial charge < -0.3 is 18.4 Å². The molecule has 0 unspecified atom stereocenters. The second kappa shape index (κ2) is 12.4. The predicted octanol–water partition coefficient (Wildman–Crippen LogP) is 4.63. The molecule has 0 bridgehead atoms. The summed E-state index contributed by atoms with van der Waals surface area (Å²) in [5.74, 6) is -1.52. The molecule has 4 N–H and O–H groups in total. The van der Waals surface area contributed by atoms with Gasteiger partial charge in [-0.05, 0) is 59.5 Å². The highest BCUT2D eigenvalue weighted by molar-refractivity contribution is 7.99. The minimum Gasteiger partial charge on any atom is -0.769 e. The van der Waals surface area contributed by atoms with Crippen LogP contribution in [0, 0.1) is 0 Å². The van der Waals surface area contributed by atoms with Crippen LogP contribution in [0.15, 0.2) is 120 Å². The van der Waals surface area contributed by atoms with Crippen molar-refractivity contribution in [3.8, 4) is 0 Å². The summed E-state index contributed by atoms with van der Waals surface area (Å²) in [6, 6.07) is 31.8. The van der Waals surface area contributed by atoms with E-state index in [0.717, 1.165) is 15.9 Å². The molecule has 4 amide bonds. The number of halogens is 2. The van der Waals surface area contributed by atoms with Gasteiger partial charge in [-0.15, -0.1) is 0 Å². The fraction of sp³-hybridized carbons (Fsp3) is 0. The number of imide groups is 1. The Bertz CT molecular complexity index is 1460. The Morgan fingerprint density at radius 2 is 1.15 bits per heavy atom. The molecule has 0 aliphatic heterocycles. The van der Waals surface area contributed by atoms with Gasteiger partial charge in [0.15, 0.2) is 12.7 Å². The first-order chi connectivity index (χ1) is 18.7. The summed E-state index contributed by atoms with van der Waals surface area (Å²) in [5, 5.41) is 7.89. The van der Waals surface area contributed by atoms with Gasteiger partial charge in [-0.1, -0.05) is 77.8 Å². The SMILES string of the molecule is NC(=O)NC(=O)/C([S-])=C(/NC(=O)c1ccc(Cl)cc1Cl)[P+](c1ccccc1)(c1ccccc1)c1ccccc1. The van der Waals surface area contributed by atoms with Crippen molar-refractivity contribution in [1.82, 2.24) is 10.6 Å². The second-order valence-corrected chi connectivity index (χ2v) is 12.8. The first-order valence-electron chi connectivity index (χ1n) is 11.6. The summed E-state index contributed by atoms with van der Waals surface area (Å²) < 4.78 is 0. The summed E-state index contributed by atoms with van der Waals surface area (Å²) in [7, 11) is -3.05. The first-order valence-corrected chi connectivity index (χ1v) is 14.6. The van der Waals surface area contributed by atoms with Gasteiger partial charge in [0.1, 0.15) is 15.9 Å². The van der Waals surface area contributed by atoms with Crippen LogP contribution in [-0.4, -0.2) is 17.8 Å². The summed E-state index contributed by atoms with van der Waals surface area (Å²) in [6.07, 6.45) is 0. The van der Waals surface area contributed by atoms with E-state index >= 15 is 0 Å². The van der Waals surface area contributed by atoms with E-state index in [1.807, 2.05) is 96.3 Å². The zero-order chi connectivity index (χ0) is 28.0. The van der Waals surface area contributed by atoms with Crippen molar-refractivity contribution >= 4 is 76.9 Å². The van der Waals surface area contributed by atoms with E-state index in [9.17, 15) is 14.4 Å². The highest BCUT2D eigenvalue weighted by atomic mass is 35.5.